The number of nitrogens with zero attached hydrogens (tertiary/aromatic N) is 2. The zero-order valence-electron chi connectivity index (χ0n) is 20.9. The van der Waals surface area contributed by atoms with Gasteiger partial charge in [0.2, 0.25) is 0 Å². The van der Waals surface area contributed by atoms with Gasteiger partial charge in [-0.2, -0.15) is 5.26 Å². The monoisotopic (exact) mass is 511 g/mol. The summed E-state index contributed by atoms with van der Waals surface area (Å²) in [5, 5.41) is 11.4. The SMILES string of the molecule is CCOc1ccc(OCC)c(N2C(=O)NC(=O)/C(=C\c3ccc(OCc4ccccc4C#N)cc3)C2=O)c1. The molecule has 0 bridgehead atoms. The Morgan fingerprint density at radius 3 is 2.32 bits per heavy atom. The number of rotatable bonds is 9. The number of imide groups is 2. The highest BCUT2D eigenvalue weighted by Crippen LogP contribution is 2.35. The lowest BCUT2D eigenvalue weighted by Crippen LogP contribution is -2.54. The normalized spacial score (nSPS) is 14.2. The van der Waals surface area contributed by atoms with Crippen molar-refractivity contribution in [3.05, 3.63) is 89.0 Å². The van der Waals surface area contributed by atoms with Gasteiger partial charge in [-0.25, -0.2) is 9.69 Å². The fourth-order valence-electron chi connectivity index (χ4n) is 3.83. The Morgan fingerprint density at radius 2 is 1.61 bits per heavy atom. The standard InChI is InChI=1S/C29H25N3O6/c1-3-36-23-13-14-26(37-4-2)25(16-23)32-28(34)24(27(33)31-29(32)35)15-19-9-11-22(12-10-19)38-18-21-8-6-5-7-20(21)17-30/h5-16H,3-4,18H2,1-2H3,(H,31,33,35)/b24-15+. The summed E-state index contributed by atoms with van der Waals surface area (Å²) < 4.78 is 16.9. The van der Waals surface area contributed by atoms with E-state index in [0.29, 0.717) is 41.6 Å². The summed E-state index contributed by atoms with van der Waals surface area (Å²) in [6.07, 6.45) is 1.40. The Balaban J connectivity index is 1.58. The van der Waals surface area contributed by atoms with E-state index in [4.69, 9.17) is 14.2 Å². The number of urea groups is 1. The van der Waals surface area contributed by atoms with Gasteiger partial charge in [0, 0.05) is 11.6 Å². The quantitative estimate of drug-likeness (QED) is 0.329. The van der Waals surface area contributed by atoms with E-state index in [1.807, 2.05) is 19.1 Å². The maximum atomic E-state index is 13.4. The van der Waals surface area contributed by atoms with Crippen LogP contribution in [0.4, 0.5) is 10.5 Å². The Labute approximate surface area is 219 Å². The molecule has 9 nitrogen and oxygen atoms in total. The molecule has 1 aliphatic rings. The largest absolute Gasteiger partial charge is 0.494 e. The number of nitriles is 1. The molecule has 192 valence electrons. The van der Waals surface area contributed by atoms with Crippen LogP contribution in [0.2, 0.25) is 0 Å². The van der Waals surface area contributed by atoms with Crippen molar-refractivity contribution in [1.82, 2.24) is 5.32 Å². The molecule has 1 N–H and O–H groups in total. The van der Waals surface area contributed by atoms with E-state index >= 15 is 0 Å². The van der Waals surface area contributed by atoms with Crippen molar-refractivity contribution in [2.24, 2.45) is 0 Å². The number of amides is 4. The summed E-state index contributed by atoms with van der Waals surface area (Å²) in [5.74, 6) is -0.301. The minimum atomic E-state index is -0.881. The maximum Gasteiger partial charge on any atom is 0.336 e. The van der Waals surface area contributed by atoms with Gasteiger partial charge in [0.05, 0.1) is 30.5 Å². The molecule has 0 unspecified atom stereocenters. The summed E-state index contributed by atoms with van der Waals surface area (Å²) in [6.45, 7) is 4.51. The summed E-state index contributed by atoms with van der Waals surface area (Å²) in [7, 11) is 0. The van der Waals surface area contributed by atoms with Crippen molar-refractivity contribution in [3.63, 3.8) is 0 Å². The highest BCUT2D eigenvalue weighted by molar-refractivity contribution is 6.39. The number of carbonyl (C=O) groups excluding carboxylic acids is 3. The first-order valence-electron chi connectivity index (χ1n) is 12.0. The second-order valence-electron chi connectivity index (χ2n) is 8.08. The second kappa shape index (κ2) is 11.8. The summed E-state index contributed by atoms with van der Waals surface area (Å²) >= 11 is 0. The van der Waals surface area contributed by atoms with Crippen LogP contribution in [-0.2, 0) is 16.2 Å². The Kier molecular flexibility index (Phi) is 8.04. The smallest absolute Gasteiger partial charge is 0.336 e. The minimum absolute atomic E-state index is 0.167. The molecule has 3 aromatic rings. The predicted octanol–water partition coefficient (Wildman–Crippen LogP) is 4.60. The molecule has 4 amide bonds. The maximum absolute atomic E-state index is 13.4. The summed E-state index contributed by atoms with van der Waals surface area (Å²) in [4.78, 5) is 39.6. The molecule has 1 aliphatic heterocycles. The van der Waals surface area contributed by atoms with Gasteiger partial charge >= 0.3 is 6.03 Å². The van der Waals surface area contributed by atoms with Gasteiger partial charge in [0.25, 0.3) is 11.8 Å². The van der Waals surface area contributed by atoms with Crippen LogP contribution in [0.25, 0.3) is 6.08 Å². The molecular weight excluding hydrogens is 486 g/mol. The predicted molar refractivity (Wildman–Crippen MR) is 140 cm³/mol. The highest BCUT2D eigenvalue weighted by atomic mass is 16.5. The average Bonchev–Trinajstić information content (AvgIpc) is 2.92. The van der Waals surface area contributed by atoms with Crippen LogP contribution in [0.15, 0.2) is 72.3 Å². The van der Waals surface area contributed by atoms with E-state index in [1.165, 1.54) is 12.1 Å². The van der Waals surface area contributed by atoms with Gasteiger partial charge in [0.1, 0.15) is 29.4 Å². The lowest BCUT2D eigenvalue weighted by atomic mass is 10.1. The van der Waals surface area contributed by atoms with Gasteiger partial charge in [-0.3, -0.25) is 14.9 Å². The zero-order valence-corrected chi connectivity index (χ0v) is 20.9. The van der Waals surface area contributed by atoms with Crippen molar-refractivity contribution in [3.8, 4) is 23.3 Å². The van der Waals surface area contributed by atoms with E-state index in [0.717, 1.165) is 10.5 Å². The first-order valence-corrected chi connectivity index (χ1v) is 12.0. The van der Waals surface area contributed by atoms with Gasteiger partial charge in [0.15, 0.2) is 0 Å². The number of anilines is 1. The summed E-state index contributed by atoms with van der Waals surface area (Å²) in [5.41, 5.74) is 1.80. The molecule has 1 heterocycles. The number of nitrogens with one attached hydrogen (secondary N) is 1. The van der Waals surface area contributed by atoms with Crippen LogP contribution in [-0.4, -0.2) is 31.1 Å². The molecule has 0 aromatic heterocycles. The fourth-order valence-corrected chi connectivity index (χ4v) is 3.83. The van der Waals surface area contributed by atoms with Gasteiger partial charge in [-0.05, 0) is 55.8 Å². The van der Waals surface area contributed by atoms with Crippen molar-refractivity contribution in [2.45, 2.75) is 20.5 Å². The number of carbonyl (C=O) groups is 3. The fraction of sp³-hybridized carbons (Fsp3) is 0.172. The van der Waals surface area contributed by atoms with Crippen LogP contribution in [0.3, 0.4) is 0 Å². The second-order valence-corrected chi connectivity index (χ2v) is 8.08. The molecule has 9 heteroatoms. The van der Waals surface area contributed by atoms with Crippen molar-refractivity contribution < 1.29 is 28.6 Å². The molecule has 0 saturated carbocycles. The van der Waals surface area contributed by atoms with Crippen LogP contribution >= 0.6 is 0 Å². The molecule has 3 aromatic carbocycles. The van der Waals surface area contributed by atoms with Gasteiger partial charge < -0.3 is 14.2 Å². The van der Waals surface area contributed by atoms with Gasteiger partial charge in [-0.15, -0.1) is 0 Å². The van der Waals surface area contributed by atoms with Crippen molar-refractivity contribution in [1.29, 1.82) is 5.26 Å². The molecule has 0 atom stereocenters. The number of barbiturate groups is 1. The molecule has 4 rings (SSSR count). The van der Waals surface area contributed by atoms with Crippen LogP contribution in [0, 0.1) is 11.3 Å². The zero-order chi connectivity index (χ0) is 27.1. The lowest BCUT2D eigenvalue weighted by molar-refractivity contribution is -0.122. The molecule has 38 heavy (non-hydrogen) atoms. The van der Waals surface area contributed by atoms with Crippen LogP contribution < -0.4 is 24.4 Å². The number of benzene rings is 3. The Morgan fingerprint density at radius 1 is 0.895 bits per heavy atom. The van der Waals surface area contributed by atoms with E-state index in [9.17, 15) is 19.6 Å². The van der Waals surface area contributed by atoms with E-state index < -0.39 is 17.8 Å². The van der Waals surface area contributed by atoms with E-state index in [2.05, 4.69) is 11.4 Å². The number of ether oxygens (including phenoxy) is 3. The molecule has 0 spiro atoms. The molecular formula is C29H25N3O6. The molecule has 1 saturated heterocycles. The highest BCUT2D eigenvalue weighted by Gasteiger charge is 2.38. The number of hydrogen-bond donors (Lipinski definition) is 1. The number of hydrogen-bond acceptors (Lipinski definition) is 7. The van der Waals surface area contributed by atoms with Crippen molar-refractivity contribution >= 4 is 29.6 Å². The Bertz CT molecular complexity index is 1440. The summed E-state index contributed by atoms with van der Waals surface area (Å²) in [6, 6.07) is 20.0. The van der Waals surface area contributed by atoms with Gasteiger partial charge in [-0.1, -0.05) is 30.3 Å². The van der Waals surface area contributed by atoms with E-state index in [-0.39, 0.29) is 17.9 Å². The lowest BCUT2D eigenvalue weighted by Gasteiger charge is -2.28. The third-order valence-electron chi connectivity index (χ3n) is 5.61. The molecule has 1 fully saturated rings. The topological polar surface area (TPSA) is 118 Å². The van der Waals surface area contributed by atoms with Crippen LogP contribution in [0.5, 0.6) is 17.2 Å². The minimum Gasteiger partial charge on any atom is -0.494 e. The third-order valence-corrected chi connectivity index (χ3v) is 5.61. The third kappa shape index (κ3) is 5.65. The molecule has 0 aliphatic carbocycles. The van der Waals surface area contributed by atoms with Crippen LogP contribution in [0.1, 0.15) is 30.5 Å². The molecule has 0 radical (unpaired) electrons. The first kappa shape index (κ1) is 26.0. The Hall–Kier alpha value is -5.10. The van der Waals surface area contributed by atoms with Crippen molar-refractivity contribution in [2.75, 3.05) is 18.1 Å². The first-order chi connectivity index (χ1) is 18.4. The van der Waals surface area contributed by atoms with E-state index in [1.54, 1.807) is 55.5 Å². The average molecular weight is 512 g/mol.